The normalized spacial score (nSPS) is 23.7. The van der Waals surface area contributed by atoms with Gasteiger partial charge in [-0.15, -0.1) is 12.4 Å². The second kappa shape index (κ2) is 7.82. The Morgan fingerprint density at radius 1 is 1.15 bits per heavy atom. The van der Waals surface area contributed by atoms with E-state index in [1.165, 1.54) is 12.1 Å². The molecule has 0 bridgehead atoms. The van der Waals surface area contributed by atoms with Crippen LogP contribution in [0.4, 0.5) is 8.78 Å². The monoisotopic (exact) mass is 394 g/mol. The predicted molar refractivity (Wildman–Crippen MR) is 100 cm³/mol. The number of likely N-dealkylation sites (tertiary alicyclic amines) is 1. The van der Waals surface area contributed by atoms with E-state index in [0.29, 0.717) is 12.5 Å². The molecule has 2 aromatic rings. The molecule has 0 unspecified atom stereocenters. The fourth-order valence-electron chi connectivity index (χ4n) is 4.18. The number of hydrogen-bond acceptors (Lipinski definition) is 3. The van der Waals surface area contributed by atoms with E-state index in [0.717, 1.165) is 30.5 Å². The smallest absolute Gasteiger partial charge is 0.257 e. The van der Waals surface area contributed by atoms with Gasteiger partial charge in [-0.2, -0.15) is 0 Å². The van der Waals surface area contributed by atoms with Crippen molar-refractivity contribution in [3.8, 4) is 5.75 Å². The zero-order valence-electron chi connectivity index (χ0n) is 14.8. The number of hydrogen-bond donors (Lipinski definition) is 1. The van der Waals surface area contributed by atoms with E-state index in [1.54, 1.807) is 12.0 Å². The third-order valence-electron chi connectivity index (χ3n) is 5.46. The number of halogens is 3. The Kier molecular flexibility index (Phi) is 5.67. The summed E-state index contributed by atoms with van der Waals surface area (Å²) in [6.07, 6.45) is 0. The van der Waals surface area contributed by atoms with Gasteiger partial charge in [0.05, 0.1) is 18.7 Å². The molecule has 2 saturated heterocycles. The van der Waals surface area contributed by atoms with Crippen molar-refractivity contribution in [2.45, 2.75) is 6.04 Å². The maximum absolute atomic E-state index is 14.2. The molecule has 7 heteroatoms. The summed E-state index contributed by atoms with van der Waals surface area (Å²) in [6.45, 7) is 2.16. The standard InChI is InChI=1S/C20H20F2N2O2.ClH/c1-26-14-7-5-12(6-8-14)19-16-10-23-9-13(16)11-24(19)20(25)15-3-2-4-17(21)18(15)22;/h2-8,13,16,19,23H,9-11H2,1H3;1H/t13-,16-,19-;/m0./s1. The van der Waals surface area contributed by atoms with E-state index in [1.807, 2.05) is 24.3 Å². The van der Waals surface area contributed by atoms with Crippen molar-refractivity contribution in [1.29, 1.82) is 0 Å². The number of nitrogens with zero attached hydrogens (tertiary/aromatic N) is 1. The van der Waals surface area contributed by atoms with Crippen LogP contribution < -0.4 is 10.1 Å². The largest absolute Gasteiger partial charge is 0.497 e. The van der Waals surface area contributed by atoms with E-state index >= 15 is 0 Å². The van der Waals surface area contributed by atoms with Gasteiger partial charge in [0.15, 0.2) is 11.6 Å². The molecule has 0 radical (unpaired) electrons. The predicted octanol–water partition coefficient (Wildman–Crippen LogP) is 3.43. The molecular weight excluding hydrogens is 374 g/mol. The second-order valence-electron chi connectivity index (χ2n) is 6.86. The van der Waals surface area contributed by atoms with Gasteiger partial charge in [0, 0.05) is 25.6 Å². The van der Waals surface area contributed by atoms with Gasteiger partial charge in [-0.25, -0.2) is 8.78 Å². The van der Waals surface area contributed by atoms with E-state index in [2.05, 4.69) is 5.32 Å². The number of rotatable bonds is 3. The molecule has 2 aliphatic rings. The van der Waals surface area contributed by atoms with Crippen LogP contribution in [-0.2, 0) is 0 Å². The van der Waals surface area contributed by atoms with Crippen LogP contribution in [0.3, 0.4) is 0 Å². The summed E-state index contributed by atoms with van der Waals surface area (Å²) in [6, 6.07) is 11.2. The first kappa shape index (κ1) is 19.6. The van der Waals surface area contributed by atoms with Gasteiger partial charge in [-0.1, -0.05) is 18.2 Å². The Balaban J connectivity index is 0.00000210. The second-order valence-corrected chi connectivity index (χ2v) is 6.86. The summed E-state index contributed by atoms with van der Waals surface area (Å²) in [4.78, 5) is 14.7. The van der Waals surface area contributed by atoms with Crippen LogP contribution in [0.5, 0.6) is 5.75 Å². The number of benzene rings is 2. The van der Waals surface area contributed by atoms with Crippen LogP contribution in [0.25, 0.3) is 0 Å². The number of carbonyl (C=O) groups excluding carboxylic acids is 1. The van der Waals surface area contributed by atoms with Crippen LogP contribution in [0.15, 0.2) is 42.5 Å². The van der Waals surface area contributed by atoms with Crippen LogP contribution in [0.2, 0.25) is 0 Å². The Morgan fingerprint density at radius 2 is 1.89 bits per heavy atom. The van der Waals surface area contributed by atoms with Crippen molar-refractivity contribution < 1.29 is 18.3 Å². The van der Waals surface area contributed by atoms with E-state index in [-0.39, 0.29) is 29.9 Å². The minimum Gasteiger partial charge on any atom is -0.497 e. The maximum atomic E-state index is 14.2. The summed E-state index contributed by atoms with van der Waals surface area (Å²) < 4.78 is 33.0. The Labute approximate surface area is 162 Å². The fourth-order valence-corrected chi connectivity index (χ4v) is 4.18. The molecule has 0 aromatic heterocycles. The van der Waals surface area contributed by atoms with Gasteiger partial charge in [-0.3, -0.25) is 4.79 Å². The molecule has 3 atom stereocenters. The molecule has 2 fully saturated rings. The lowest BCUT2D eigenvalue weighted by Gasteiger charge is -2.28. The average Bonchev–Trinajstić information content (AvgIpc) is 3.24. The van der Waals surface area contributed by atoms with Crippen LogP contribution in [0, 0.1) is 23.5 Å². The zero-order chi connectivity index (χ0) is 18.3. The summed E-state index contributed by atoms with van der Waals surface area (Å²) in [5, 5.41) is 3.37. The lowest BCUT2D eigenvalue weighted by atomic mass is 9.89. The fraction of sp³-hybridized carbons (Fsp3) is 0.350. The highest BCUT2D eigenvalue weighted by atomic mass is 35.5. The first-order valence-corrected chi connectivity index (χ1v) is 8.70. The molecule has 2 aliphatic heterocycles. The Morgan fingerprint density at radius 3 is 2.59 bits per heavy atom. The van der Waals surface area contributed by atoms with Gasteiger partial charge in [-0.05, 0) is 35.7 Å². The van der Waals surface area contributed by atoms with Crippen molar-refractivity contribution in [2.75, 3.05) is 26.7 Å². The number of carbonyl (C=O) groups is 1. The molecule has 4 nitrogen and oxygen atoms in total. The number of methoxy groups -OCH3 is 1. The minimum atomic E-state index is -1.08. The van der Waals surface area contributed by atoms with E-state index in [9.17, 15) is 13.6 Å². The van der Waals surface area contributed by atoms with Crippen molar-refractivity contribution >= 4 is 18.3 Å². The molecule has 1 amide bonds. The number of fused-ring (bicyclic) bond motifs is 1. The first-order chi connectivity index (χ1) is 12.6. The lowest BCUT2D eigenvalue weighted by molar-refractivity contribution is 0.0708. The van der Waals surface area contributed by atoms with Gasteiger partial charge in [0.25, 0.3) is 5.91 Å². The SMILES string of the molecule is COc1ccc([C@H]2[C@H]3CNC[C@H]3CN2C(=O)c2cccc(F)c2F)cc1.Cl. The van der Waals surface area contributed by atoms with Gasteiger partial charge >= 0.3 is 0 Å². The van der Waals surface area contributed by atoms with Gasteiger partial charge in [0.2, 0.25) is 0 Å². The lowest BCUT2D eigenvalue weighted by Crippen LogP contribution is -2.35. The summed E-state index contributed by atoms with van der Waals surface area (Å²) in [5.41, 5.74) is 0.767. The summed E-state index contributed by atoms with van der Waals surface area (Å²) in [5.74, 6) is -1.25. The molecule has 2 heterocycles. The minimum absolute atomic E-state index is 0. The van der Waals surface area contributed by atoms with Gasteiger partial charge < -0.3 is 15.0 Å². The molecule has 144 valence electrons. The van der Waals surface area contributed by atoms with Crippen molar-refractivity contribution in [2.24, 2.45) is 11.8 Å². The zero-order valence-corrected chi connectivity index (χ0v) is 15.6. The van der Waals surface area contributed by atoms with Crippen LogP contribution in [-0.4, -0.2) is 37.6 Å². The third kappa shape index (κ3) is 3.39. The highest BCUT2D eigenvalue weighted by Gasteiger charge is 2.47. The quantitative estimate of drug-likeness (QED) is 0.867. The molecule has 0 aliphatic carbocycles. The highest BCUT2D eigenvalue weighted by Crippen LogP contribution is 2.43. The summed E-state index contributed by atoms with van der Waals surface area (Å²) in [7, 11) is 1.60. The van der Waals surface area contributed by atoms with Crippen LogP contribution in [0.1, 0.15) is 22.0 Å². The molecule has 0 saturated carbocycles. The van der Waals surface area contributed by atoms with E-state index < -0.39 is 17.5 Å². The first-order valence-electron chi connectivity index (χ1n) is 8.70. The summed E-state index contributed by atoms with van der Waals surface area (Å²) >= 11 is 0. The highest BCUT2D eigenvalue weighted by molar-refractivity contribution is 5.95. The molecular formula is C20H21ClF2N2O2. The van der Waals surface area contributed by atoms with Crippen molar-refractivity contribution in [3.63, 3.8) is 0 Å². The molecule has 4 rings (SSSR count). The van der Waals surface area contributed by atoms with Crippen molar-refractivity contribution in [3.05, 3.63) is 65.2 Å². The number of amides is 1. The molecule has 27 heavy (non-hydrogen) atoms. The van der Waals surface area contributed by atoms with Gasteiger partial charge in [0.1, 0.15) is 5.75 Å². The van der Waals surface area contributed by atoms with E-state index in [4.69, 9.17) is 4.74 Å². The average molecular weight is 395 g/mol. The Hall–Kier alpha value is -2.18. The molecule has 1 N–H and O–H groups in total. The maximum Gasteiger partial charge on any atom is 0.257 e. The van der Waals surface area contributed by atoms with Crippen molar-refractivity contribution in [1.82, 2.24) is 10.2 Å². The van der Waals surface area contributed by atoms with Crippen LogP contribution >= 0.6 is 12.4 Å². The topological polar surface area (TPSA) is 41.6 Å². The molecule has 0 spiro atoms. The third-order valence-corrected chi connectivity index (χ3v) is 5.46. The molecule has 2 aromatic carbocycles. The number of nitrogens with one attached hydrogen (secondary N) is 1. The number of ether oxygens (including phenoxy) is 1. The Bertz CT molecular complexity index is 831.